The third-order valence-corrected chi connectivity index (χ3v) is 5.48. The summed E-state index contributed by atoms with van der Waals surface area (Å²) in [7, 11) is -3.47. The maximum Gasteiger partial charge on any atom is 0.232 e. The molecule has 5 nitrogen and oxygen atoms in total. The zero-order chi connectivity index (χ0) is 19.3. The average Bonchev–Trinajstić information content (AvgIpc) is 2.55. The van der Waals surface area contributed by atoms with Crippen molar-refractivity contribution >= 4 is 21.6 Å². The minimum atomic E-state index is -3.47. The SMILES string of the molecule is Cc1ccc(N(CCC(=O)NCc2ccccc2C)S(C)(=O)=O)c(C)c1. The summed E-state index contributed by atoms with van der Waals surface area (Å²) in [6, 6.07) is 13.4. The molecule has 0 aliphatic carbocycles. The van der Waals surface area contributed by atoms with E-state index < -0.39 is 10.0 Å². The number of nitrogens with one attached hydrogen (secondary N) is 1. The summed E-state index contributed by atoms with van der Waals surface area (Å²) < 4.78 is 25.7. The zero-order valence-electron chi connectivity index (χ0n) is 15.7. The van der Waals surface area contributed by atoms with Crippen molar-refractivity contribution in [3.05, 3.63) is 64.7 Å². The maximum atomic E-state index is 12.2. The van der Waals surface area contributed by atoms with Crippen molar-refractivity contribution in [2.75, 3.05) is 17.1 Å². The van der Waals surface area contributed by atoms with Crippen LogP contribution in [0.4, 0.5) is 5.69 Å². The Morgan fingerprint density at radius 2 is 1.73 bits per heavy atom. The minimum Gasteiger partial charge on any atom is -0.352 e. The van der Waals surface area contributed by atoms with Crippen molar-refractivity contribution in [3.8, 4) is 0 Å². The van der Waals surface area contributed by atoms with Gasteiger partial charge in [-0.15, -0.1) is 0 Å². The van der Waals surface area contributed by atoms with E-state index in [0.29, 0.717) is 12.2 Å². The number of aryl methyl sites for hydroxylation is 3. The van der Waals surface area contributed by atoms with Crippen LogP contribution < -0.4 is 9.62 Å². The van der Waals surface area contributed by atoms with E-state index in [2.05, 4.69) is 5.32 Å². The van der Waals surface area contributed by atoms with E-state index in [9.17, 15) is 13.2 Å². The van der Waals surface area contributed by atoms with Crippen LogP contribution in [0.3, 0.4) is 0 Å². The average molecular weight is 375 g/mol. The van der Waals surface area contributed by atoms with E-state index in [1.165, 1.54) is 4.31 Å². The Bertz CT molecular complexity index is 892. The van der Waals surface area contributed by atoms with Crippen LogP contribution in [0.15, 0.2) is 42.5 Å². The van der Waals surface area contributed by atoms with Crippen LogP contribution in [0, 0.1) is 20.8 Å². The van der Waals surface area contributed by atoms with Gasteiger partial charge in [0.1, 0.15) is 0 Å². The Balaban J connectivity index is 2.03. The monoisotopic (exact) mass is 374 g/mol. The zero-order valence-corrected chi connectivity index (χ0v) is 16.6. The Morgan fingerprint density at radius 3 is 2.35 bits per heavy atom. The number of nitrogens with zero attached hydrogens (tertiary/aromatic N) is 1. The van der Waals surface area contributed by atoms with Crippen molar-refractivity contribution < 1.29 is 13.2 Å². The number of hydrogen-bond donors (Lipinski definition) is 1. The van der Waals surface area contributed by atoms with Crippen LogP contribution in [0.5, 0.6) is 0 Å². The summed E-state index contributed by atoms with van der Waals surface area (Å²) in [6.45, 7) is 6.38. The second kappa shape index (κ2) is 8.36. The van der Waals surface area contributed by atoms with Gasteiger partial charge in [-0.3, -0.25) is 9.10 Å². The Labute approximate surface area is 156 Å². The first kappa shape index (κ1) is 20.0. The highest BCUT2D eigenvalue weighted by Crippen LogP contribution is 2.23. The molecule has 26 heavy (non-hydrogen) atoms. The highest BCUT2D eigenvalue weighted by atomic mass is 32.2. The fourth-order valence-corrected chi connectivity index (χ4v) is 3.83. The lowest BCUT2D eigenvalue weighted by Crippen LogP contribution is -2.35. The molecule has 0 aliphatic heterocycles. The van der Waals surface area contributed by atoms with Crippen LogP contribution in [0.2, 0.25) is 0 Å². The first-order valence-corrected chi connectivity index (χ1v) is 10.4. The normalized spacial score (nSPS) is 11.2. The third-order valence-electron chi connectivity index (χ3n) is 4.30. The second-order valence-electron chi connectivity index (χ2n) is 6.58. The fourth-order valence-electron chi connectivity index (χ4n) is 2.84. The topological polar surface area (TPSA) is 66.5 Å². The summed E-state index contributed by atoms with van der Waals surface area (Å²) in [5.41, 5.74) is 4.72. The Morgan fingerprint density at radius 1 is 1.04 bits per heavy atom. The van der Waals surface area contributed by atoms with Crippen LogP contribution >= 0.6 is 0 Å². The van der Waals surface area contributed by atoms with Gasteiger partial charge in [0.2, 0.25) is 15.9 Å². The molecule has 0 fully saturated rings. The Kier molecular flexibility index (Phi) is 6.42. The lowest BCUT2D eigenvalue weighted by molar-refractivity contribution is -0.121. The molecule has 1 N–H and O–H groups in total. The van der Waals surface area contributed by atoms with E-state index >= 15 is 0 Å². The highest BCUT2D eigenvalue weighted by Gasteiger charge is 2.20. The molecule has 2 aromatic carbocycles. The summed E-state index contributed by atoms with van der Waals surface area (Å²) in [4.78, 5) is 12.2. The molecule has 0 atom stereocenters. The molecule has 0 aromatic heterocycles. The van der Waals surface area contributed by atoms with E-state index in [1.807, 2.05) is 57.2 Å². The molecule has 0 aliphatic rings. The molecule has 0 spiro atoms. The number of rotatable bonds is 7. The van der Waals surface area contributed by atoms with Crippen LogP contribution in [-0.2, 0) is 21.4 Å². The number of hydrogen-bond acceptors (Lipinski definition) is 3. The molecule has 0 bridgehead atoms. The highest BCUT2D eigenvalue weighted by molar-refractivity contribution is 7.92. The maximum absolute atomic E-state index is 12.2. The molecule has 0 unspecified atom stereocenters. The van der Waals surface area contributed by atoms with Gasteiger partial charge < -0.3 is 5.32 Å². The fraction of sp³-hybridized carbons (Fsp3) is 0.350. The molecule has 0 saturated carbocycles. The van der Waals surface area contributed by atoms with Crippen molar-refractivity contribution in [2.24, 2.45) is 0 Å². The minimum absolute atomic E-state index is 0.103. The van der Waals surface area contributed by atoms with Crippen molar-refractivity contribution in [3.63, 3.8) is 0 Å². The van der Waals surface area contributed by atoms with Crippen molar-refractivity contribution in [1.82, 2.24) is 5.32 Å². The molecule has 0 saturated heterocycles. The van der Waals surface area contributed by atoms with Gasteiger partial charge in [-0.2, -0.15) is 0 Å². The number of carbonyl (C=O) groups is 1. The van der Waals surface area contributed by atoms with Crippen LogP contribution in [0.1, 0.15) is 28.7 Å². The van der Waals surface area contributed by atoms with Gasteiger partial charge in [-0.1, -0.05) is 42.0 Å². The van der Waals surface area contributed by atoms with Crippen LogP contribution in [0.25, 0.3) is 0 Å². The molecule has 2 aromatic rings. The molecule has 6 heteroatoms. The smallest absolute Gasteiger partial charge is 0.232 e. The van der Waals surface area contributed by atoms with Crippen LogP contribution in [-0.4, -0.2) is 27.1 Å². The summed E-state index contributed by atoms with van der Waals surface area (Å²) >= 11 is 0. The molecule has 0 radical (unpaired) electrons. The van der Waals surface area contributed by atoms with Gasteiger partial charge >= 0.3 is 0 Å². The number of anilines is 1. The summed E-state index contributed by atoms with van der Waals surface area (Å²) in [5, 5.41) is 2.86. The lowest BCUT2D eigenvalue weighted by Gasteiger charge is -2.24. The van der Waals surface area contributed by atoms with Crippen molar-refractivity contribution in [2.45, 2.75) is 33.7 Å². The van der Waals surface area contributed by atoms with E-state index in [1.54, 1.807) is 6.07 Å². The number of sulfonamides is 1. The molecule has 1 amide bonds. The van der Waals surface area contributed by atoms with Gasteiger partial charge in [0.15, 0.2) is 0 Å². The van der Waals surface area contributed by atoms with Gasteiger partial charge in [0.05, 0.1) is 11.9 Å². The summed E-state index contributed by atoms with van der Waals surface area (Å²) in [5.74, 6) is -0.174. The van der Waals surface area contributed by atoms with Gasteiger partial charge in [-0.25, -0.2) is 8.42 Å². The lowest BCUT2D eigenvalue weighted by atomic mass is 10.1. The van der Waals surface area contributed by atoms with Gasteiger partial charge in [0.25, 0.3) is 0 Å². The van der Waals surface area contributed by atoms with Crippen molar-refractivity contribution in [1.29, 1.82) is 0 Å². The number of benzene rings is 2. The molecule has 0 heterocycles. The summed E-state index contributed by atoms with van der Waals surface area (Å²) in [6.07, 6.45) is 1.27. The first-order valence-electron chi connectivity index (χ1n) is 8.54. The second-order valence-corrected chi connectivity index (χ2v) is 8.49. The standard InChI is InChI=1S/C20H26N2O3S/c1-15-9-10-19(17(3)13-15)22(26(4,24)25)12-11-20(23)21-14-18-8-6-5-7-16(18)2/h5-10,13H,11-12,14H2,1-4H3,(H,21,23). The molecule has 140 valence electrons. The van der Waals surface area contributed by atoms with Gasteiger partial charge in [0, 0.05) is 19.5 Å². The first-order chi connectivity index (χ1) is 12.2. The predicted molar refractivity (Wildman–Crippen MR) is 106 cm³/mol. The molecular formula is C20H26N2O3S. The van der Waals surface area contributed by atoms with E-state index in [4.69, 9.17) is 0 Å². The quantitative estimate of drug-likeness (QED) is 0.810. The number of carbonyl (C=O) groups excluding carboxylic acids is 1. The van der Waals surface area contributed by atoms with E-state index in [0.717, 1.165) is 28.5 Å². The van der Waals surface area contributed by atoms with Gasteiger partial charge in [-0.05, 0) is 43.5 Å². The number of amides is 1. The predicted octanol–water partition coefficient (Wildman–Crippen LogP) is 3.08. The molecular weight excluding hydrogens is 348 g/mol. The van der Waals surface area contributed by atoms with E-state index in [-0.39, 0.29) is 18.9 Å². The largest absolute Gasteiger partial charge is 0.352 e. The molecule has 2 rings (SSSR count). The third kappa shape index (κ3) is 5.33. The Hall–Kier alpha value is -2.34.